The van der Waals surface area contributed by atoms with Crippen LogP contribution >= 0.6 is 0 Å². The molecule has 0 aromatic heterocycles. The molecular formula is C54H57Cl3SiTi. The summed E-state index contributed by atoms with van der Waals surface area (Å²) in [6, 6.07) is 48.0. The average molecular weight is 888 g/mol. The first-order chi connectivity index (χ1) is 26.4. The van der Waals surface area contributed by atoms with Crippen LogP contribution in [0.3, 0.4) is 0 Å². The van der Waals surface area contributed by atoms with Crippen LogP contribution in [0, 0.1) is 69.2 Å². The van der Waals surface area contributed by atoms with Crippen LogP contribution in [0.5, 0.6) is 0 Å². The number of hydrogen-bond donors (Lipinski definition) is 0. The summed E-state index contributed by atoms with van der Waals surface area (Å²) in [6.45, 7) is 23.9. The Labute approximate surface area is 389 Å². The number of hydrogen-bond acceptors (Lipinski definition) is 0. The molecule has 0 fully saturated rings. The van der Waals surface area contributed by atoms with Crippen LogP contribution in [0.4, 0.5) is 0 Å². The maximum atomic E-state index is 2.56. The standard InChI is InChI=1S/C54H57Si.3ClH.Ti/c1-35-36(2)44(10)54(43(35)9)55(51-29-26-48(37(3)40(51)6)32-45-20-14-11-15-21-45,52-30-27-49(38(4)41(52)7)33-46-22-16-12-17-23-46)53-31-28-50(39(5)42(53)8)34-47-24-18-13-19-25-47;;;;/h11-31H,32-34H2,1-10H3;3*1H;/q-1;;;;+4/p-3. The summed E-state index contributed by atoms with van der Waals surface area (Å²) < 4.78 is 0. The zero-order valence-electron chi connectivity index (χ0n) is 36.4. The molecule has 5 heteroatoms. The Morgan fingerprint density at radius 1 is 0.356 bits per heavy atom. The summed E-state index contributed by atoms with van der Waals surface area (Å²) >= 11 is 0. The second kappa shape index (κ2) is 20.8. The molecule has 0 spiro atoms. The summed E-state index contributed by atoms with van der Waals surface area (Å²) in [5.41, 5.74) is 22.7. The van der Waals surface area contributed by atoms with Crippen LogP contribution in [-0.4, -0.2) is 8.07 Å². The molecule has 0 N–H and O–H groups in total. The van der Waals surface area contributed by atoms with Gasteiger partial charge in [-0.1, -0.05) is 155 Å². The van der Waals surface area contributed by atoms with E-state index in [2.05, 4.69) is 197 Å². The van der Waals surface area contributed by atoms with Gasteiger partial charge in [0.25, 0.3) is 0 Å². The topological polar surface area (TPSA) is 0 Å². The van der Waals surface area contributed by atoms with E-state index in [-0.39, 0.29) is 58.9 Å². The van der Waals surface area contributed by atoms with Crippen LogP contribution in [0.15, 0.2) is 127 Å². The van der Waals surface area contributed by atoms with Gasteiger partial charge < -0.3 is 37.2 Å². The van der Waals surface area contributed by atoms with E-state index in [1.165, 1.54) is 105 Å². The average Bonchev–Trinajstić information content (AvgIpc) is 3.39. The Morgan fingerprint density at radius 2 is 0.644 bits per heavy atom. The van der Waals surface area contributed by atoms with Crippen molar-refractivity contribution in [1.82, 2.24) is 0 Å². The van der Waals surface area contributed by atoms with Gasteiger partial charge >= 0.3 is 21.7 Å². The first-order valence-electron chi connectivity index (χ1n) is 20.1. The monoisotopic (exact) mass is 886 g/mol. The van der Waals surface area contributed by atoms with Crippen molar-refractivity contribution in [1.29, 1.82) is 0 Å². The van der Waals surface area contributed by atoms with Gasteiger partial charge in [-0.05, 0) is 143 Å². The van der Waals surface area contributed by atoms with Gasteiger partial charge in [0.1, 0.15) is 0 Å². The van der Waals surface area contributed by atoms with Crippen molar-refractivity contribution < 1.29 is 58.9 Å². The van der Waals surface area contributed by atoms with Gasteiger partial charge in [0, 0.05) is 0 Å². The molecule has 59 heavy (non-hydrogen) atoms. The Balaban J connectivity index is 0.00000233. The van der Waals surface area contributed by atoms with Gasteiger partial charge in [-0.2, -0.15) is 27.4 Å². The molecule has 0 aliphatic rings. The second-order valence-corrected chi connectivity index (χ2v) is 19.8. The van der Waals surface area contributed by atoms with E-state index >= 15 is 0 Å². The fourth-order valence-corrected chi connectivity index (χ4v) is 15.9. The van der Waals surface area contributed by atoms with Crippen LogP contribution in [-0.2, 0) is 41.0 Å². The third-order valence-electron chi connectivity index (χ3n) is 13.4. The molecule has 302 valence electrons. The number of halogens is 3. The number of rotatable bonds is 10. The van der Waals surface area contributed by atoms with E-state index in [0.717, 1.165) is 19.3 Å². The molecule has 0 amide bonds. The van der Waals surface area contributed by atoms with E-state index in [4.69, 9.17) is 0 Å². The Morgan fingerprint density at radius 3 is 0.898 bits per heavy atom. The molecule has 0 atom stereocenters. The summed E-state index contributed by atoms with van der Waals surface area (Å²) in [4.78, 5) is 0. The second-order valence-electron chi connectivity index (χ2n) is 16.2. The Bertz CT molecular complexity index is 2240. The van der Waals surface area contributed by atoms with Crippen LogP contribution in [0.25, 0.3) is 0 Å². The summed E-state index contributed by atoms with van der Waals surface area (Å²) in [7, 11) is -2.97. The van der Waals surface area contributed by atoms with Gasteiger partial charge in [-0.3, -0.25) is 0 Å². The normalized spacial score (nSPS) is 10.9. The largest absolute Gasteiger partial charge is 4.00 e. The number of benzene rings is 6. The zero-order chi connectivity index (χ0) is 39.0. The van der Waals surface area contributed by atoms with Crippen molar-refractivity contribution >= 4 is 28.8 Å². The summed E-state index contributed by atoms with van der Waals surface area (Å²) in [6.07, 6.45) is 2.81. The molecule has 0 heterocycles. The van der Waals surface area contributed by atoms with Crippen molar-refractivity contribution in [2.75, 3.05) is 0 Å². The van der Waals surface area contributed by atoms with Crippen molar-refractivity contribution in [2.45, 2.75) is 88.5 Å². The van der Waals surface area contributed by atoms with Gasteiger partial charge in [0.15, 0.2) is 8.07 Å². The first-order valence-corrected chi connectivity index (χ1v) is 22.1. The Hall–Kier alpha value is -3.53. The van der Waals surface area contributed by atoms with E-state index in [0.29, 0.717) is 0 Å². The minimum Gasteiger partial charge on any atom is -1.00 e. The third kappa shape index (κ3) is 9.23. The molecule has 0 bridgehead atoms. The fraction of sp³-hybridized carbons (Fsp3) is 0.241. The molecule has 7 rings (SSSR count). The summed E-state index contributed by atoms with van der Waals surface area (Å²) in [5, 5.41) is 6.15. The third-order valence-corrected chi connectivity index (χ3v) is 19.0. The molecule has 0 aliphatic carbocycles. The van der Waals surface area contributed by atoms with Gasteiger partial charge in [0.2, 0.25) is 0 Å². The molecule has 0 nitrogen and oxygen atoms in total. The molecule has 0 saturated heterocycles. The fourth-order valence-electron chi connectivity index (χ4n) is 9.49. The van der Waals surface area contributed by atoms with Gasteiger partial charge in [-0.25, -0.2) is 0 Å². The van der Waals surface area contributed by atoms with E-state index in [1.54, 1.807) is 5.19 Å². The minimum atomic E-state index is -2.97. The minimum absolute atomic E-state index is 0. The summed E-state index contributed by atoms with van der Waals surface area (Å²) in [5.74, 6) is 0. The SMILES string of the molecule is Cc1c(Cc2ccccc2)ccc([Si](c2ccc(Cc3ccccc3)c(C)c2C)(c2ccc(Cc3ccccc3)c(C)c2C)c2c(C)c(C)c(C)[c-]2C)c1C.[Cl-].[Cl-].[Cl-].[Ti+4]. The van der Waals surface area contributed by atoms with E-state index in [9.17, 15) is 0 Å². The predicted molar refractivity (Wildman–Crippen MR) is 241 cm³/mol. The first kappa shape index (κ1) is 49.8. The van der Waals surface area contributed by atoms with E-state index in [1.807, 2.05) is 0 Å². The van der Waals surface area contributed by atoms with Crippen LogP contribution < -0.4 is 58.0 Å². The van der Waals surface area contributed by atoms with Crippen molar-refractivity contribution in [3.8, 4) is 0 Å². The quantitative estimate of drug-likeness (QED) is 0.112. The molecule has 0 unspecified atom stereocenters. The zero-order valence-corrected chi connectivity index (χ0v) is 41.2. The van der Waals surface area contributed by atoms with Crippen molar-refractivity contribution in [3.05, 3.63) is 216 Å². The maximum absolute atomic E-state index is 2.97. The molecule has 0 radical (unpaired) electrons. The van der Waals surface area contributed by atoms with Gasteiger partial charge in [0.05, 0.1) is 0 Å². The van der Waals surface area contributed by atoms with E-state index < -0.39 is 8.07 Å². The molecule has 0 saturated carbocycles. The predicted octanol–water partition coefficient (Wildman–Crippen LogP) is 1.65. The molecule has 0 aliphatic heterocycles. The van der Waals surface area contributed by atoms with Crippen LogP contribution in [0.1, 0.15) is 89.0 Å². The van der Waals surface area contributed by atoms with Gasteiger partial charge in [-0.15, -0.1) is 0 Å². The van der Waals surface area contributed by atoms with Crippen LogP contribution in [0.2, 0.25) is 0 Å². The van der Waals surface area contributed by atoms with Crippen molar-refractivity contribution in [3.63, 3.8) is 0 Å². The maximum Gasteiger partial charge on any atom is 4.00 e. The van der Waals surface area contributed by atoms with Crippen molar-refractivity contribution in [2.24, 2.45) is 0 Å². The smallest absolute Gasteiger partial charge is 1.00 e. The molecular weight excluding hydrogens is 831 g/mol. The molecule has 7 aromatic carbocycles. The Kier molecular flexibility index (Phi) is 17.6. The molecule has 7 aromatic rings.